The van der Waals surface area contributed by atoms with Crippen molar-refractivity contribution in [3.63, 3.8) is 0 Å². The molecule has 1 aromatic heterocycles. The van der Waals surface area contributed by atoms with Crippen molar-refractivity contribution in [3.05, 3.63) is 51.6 Å². The molecule has 26 heavy (non-hydrogen) atoms. The van der Waals surface area contributed by atoms with E-state index in [0.29, 0.717) is 22.6 Å². The maximum absolute atomic E-state index is 6.15. The van der Waals surface area contributed by atoms with E-state index in [1.165, 1.54) is 12.8 Å². The van der Waals surface area contributed by atoms with Crippen molar-refractivity contribution in [2.45, 2.75) is 62.0 Å². The van der Waals surface area contributed by atoms with Crippen LogP contribution in [0.2, 0.25) is 10.0 Å². The van der Waals surface area contributed by atoms with Crippen LogP contribution in [0, 0.1) is 0 Å². The molecule has 0 unspecified atom stereocenters. The number of aromatic nitrogens is 2. The molecule has 0 amide bonds. The Hall–Kier alpha value is -1.10. The van der Waals surface area contributed by atoms with Gasteiger partial charge >= 0.3 is 0 Å². The zero-order valence-corrected chi connectivity index (χ0v) is 17.7. The molecule has 2 aromatic rings. The van der Waals surface area contributed by atoms with Crippen LogP contribution in [-0.4, -0.2) is 9.55 Å². The monoisotopic (exact) mass is 410 g/mol. The average Bonchev–Trinajstić information content (AvgIpc) is 2.90. The topological polar surface area (TPSA) is 27.1 Å². The quantitative estimate of drug-likeness (QED) is 0.513. The van der Waals surface area contributed by atoms with Gasteiger partial charge in [-0.1, -0.05) is 48.8 Å². The third kappa shape index (κ3) is 4.79. The van der Waals surface area contributed by atoms with E-state index in [2.05, 4.69) is 24.5 Å². The van der Waals surface area contributed by atoms with Crippen molar-refractivity contribution >= 4 is 35.0 Å². The smallest absolute Gasteiger partial charge is 0.147 e. The fraction of sp³-hybridized carbons (Fsp3) is 0.450. The molecule has 0 N–H and O–H groups in total. The molecule has 0 bridgehead atoms. The van der Waals surface area contributed by atoms with Crippen LogP contribution in [0.5, 0.6) is 0 Å². The minimum absolute atomic E-state index is 0.320. The predicted octanol–water partition coefficient (Wildman–Crippen LogP) is 6.98. The number of nitrogens with zero attached hydrogens (tertiary/aromatic N) is 2. The van der Waals surface area contributed by atoms with Gasteiger partial charge in [0.05, 0.1) is 11.5 Å². The minimum Gasteiger partial charge on any atom is -0.490 e. The van der Waals surface area contributed by atoms with Crippen LogP contribution < -0.4 is 0 Å². The molecule has 1 aromatic carbocycles. The van der Waals surface area contributed by atoms with Gasteiger partial charge in [-0.25, -0.2) is 4.98 Å². The van der Waals surface area contributed by atoms with Crippen molar-refractivity contribution in [3.8, 4) is 0 Å². The second-order valence-corrected chi connectivity index (χ2v) is 8.78. The normalized spacial score (nSPS) is 14.6. The lowest BCUT2D eigenvalue weighted by Crippen LogP contribution is -2.04. The number of imidazole rings is 1. The zero-order valence-electron chi connectivity index (χ0n) is 15.4. The van der Waals surface area contributed by atoms with Gasteiger partial charge in [-0.15, -0.1) is 0 Å². The largest absolute Gasteiger partial charge is 0.490 e. The Morgan fingerprint density at radius 2 is 1.92 bits per heavy atom. The molecule has 0 aliphatic heterocycles. The fourth-order valence-corrected chi connectivity index (χ4v) is 4.85. The SMILES string of the molecule is CC(C)c1nc(COC2=CCCCC2)n(C)c1Sc1cc(Cl)cc(Cl)c1. The summed E-state index contributed by atoms with van der Waals surface area (Å²) >= 11 is 13.9. The number of hydrogen-bond acceptors (Lipinski definition) is 3. The summed E-state index contributed by atoms with van der Waals surface area (Å²) in [6, 6.07) is 5.60. The third-order valence-corrected chi connectivity index (χ3v) is 5.98. The van der Waals surface area contributed by atoms with Gasteiger partial charge in [-0.05, 0) is 49.5 Å². The number of allylic oxidation sites excluding steroid dienone is 2. The van der Waals surface area contributed by atoms with Crippen LogP contribution in [-0.2, 0) is 18.4 Å². The lowest BCUT2D eigenvalue weighted by molar-refractivity contribution is 0.173. The summed E-state index contributed by atoms with van der Waals surface area (Å²) in [5.41, 5.74) is 1.07. The molecule has 0 spiro atoms. The van der Waals surface area contributed by atoms with Crippen LogP contribution in [0.3, 0.4) is 0 Å². The second-order valence-electron chi connectivity index (χ2n) is 6.84. The van der Waals surface area contributed by atoms with Crippen LogP contribution in [0.25, 0.3) is 0 Å². The second kappa shape index (κ2) is 8.73. The standard InChI is InChI=1S/C20H24Cl2N2OS/c1-13(2)19-20(26-17-10-14(21)9-15(22)11-17)24(3)18(23-19)12-25-16-7-5-4-6-8-16/h7,9-11,13H,4-6,8,12H2,1-3H3. The Balaban J connectivity index is 1.84. The maximum Gasteiger partial charge on any atom is 0.147 e. The van der Waals surface area contributed by atoms with Gasteiger partial charge in [-0.3, -0.25) is 0 Å². The fourth-order valence-electron chi connectivity index (χ4n) is 2.97. The molecule has 1 aliphatic carbocycles. The van der Waals surface area contributed by atoms with E-state index in [-0.39, 0.29) is 0 Å². The summed E-state index contributed by atoms with van der Waals surface area (Å²) in [6.45, 7) is 4.82. The number of rotatable bonds is 6. The van der Waals surface area contributed by atoms with Crippen LogP contribution in [0.15, 0.2) is 40.0 Å². The Labute approximate surface area is 169 Å². The van der Waals surface area contributed by atoms with Crippen molar-refractivity contribution in [1.82, 2.24) is 9.55 Å². The molecule has 0 radical (unpaired) electrons. The molecule has 6 heteroatoms. The van der Waals surface area contributed by atoms with Crippen LogP contribution in [0.4, 0.5) is 0 Å². The highest BCUT2D eigenvalue weighted by atomic mass is 35.5. The van der Waals surface area contributed by atoms with E-state index in [9.17, 15) is 0 Å². The van der Waals surface area contributed by atoms with Gasteiger partial charge in [0.1, 0.15) is 17.5 Å². The first-order valence-corrected chi connectivity index (χ1v) is 10.5. The van der Waals surface area contributed by atoms with E-state index in [1.807, 2.05) is 19.2 Å². The molecular weight excluding hydrogens is 387 g/mol. The third-order valence-electron chi connectivity index (χ3n) is 4.39. The molecule has 3 nitrogen and oxygen atoms in total. The molecule has 0 saturated carbocycles. The molecule has 0 atom stereocenters. The Bertz CT molecular complexity index is 794. The summed E-state index contributed by atoms with van der Waals surface area (Å²) in [7, 11) is 2.04. The summed E-state index contributed by atoms with van der Waals surface area (Å²) in [5.74, 6) is 2.36. The van der Waals surface area contributed by atoms with Gasteiger partial charge in [0.25, 0.3) is 0 Å². The van der Waals surface area contributed by atoms with Crippen LogP contribution in [0.1, 0.15) is 57.0 Å². The van der Waals surface area contributed by atoms with Crippen LogP contribution >= 0.6 is 35.0 Å². The average molecular weight is 411 g/mol. The maximum atomic E-state index is 6.15. The summed E-state index contributed by atoms with van der Waals surface area (Å²) in [5, 5.41) is 2.39. The van der Waals surface area contributed by atoms with E-state index in [4.69, 9.17) is 32.9 Å². The summed E-state index contributed by atoms with van der Waals surface area (Å²) in [4.78, 5) is 5.87. The molecule has 0 fully saturated rings. The Morgan fingerprint density at radius 3 is 2.54 bits per heavy atom. The molecule has 1 aliphatic rings. The van der Waals surface area contributed by atoms with Gasteiger partial charge < -0.3 is 9.30 Å². The number of hydrogen-bond donors (Lipinski definition) is 0. The Kier molecular flexibility index (Phi) is 6.60. The highest BCUT2D eigenvalue weighted by molar-refractivity contribution is 7.99. The van der Waals surface area contributed by atoms with Gasteiger partial charge in [0.15, 0.2) is 0 Å². The predicted molar refractivity (Wildman–Crippen MR) is 109 cm³/mol. The number of ether oxygens (including phenoxy) is 1. The zero-order chi connectivity index (χ0) is 18.7. The highest BCUT2D eigenvalue weighted by Gasteiger charge is 2.19. The minimum atomic E-state index is 0.320. The van der Waals surface area contributed by atoms with Crippen molar-refractivity contribution in [1.29, 1.82) is 0 Å². The van der Waals surface area contributed by atoms with E-state index < -0.39 is 0 Å². The van der Waals surface area contributed by atoms with E-state index >= 15 is 0 Å². The molecular formula is C20H24Cl2N2OS. The number of benzene rings is 1. The lowest BCUT2D eigenvalue weighted by Gasteiger charge is -2.14. The van der Waals surface area contributed by atoms with Gasteiger partial charge in [-0.2, -0.15) is 0 Å². The van der Waals surface area contributed by atoms with E-state index in [1.54, 1.807) is 17.8 Å². The molecule has 3 rings (SSSR count). The summed E-state index contributed by atoms with van der Waals surface area (Å²) in [6.07, 6.45) is 6.82. The molecule has 140 valence electrons. The van der Waals surface area contributed by atoms with E-state index in [0.717, 1.165) is 40.0 Å². The number of halogens is 2. The first kappa shape index (κ1) is 19.7. The first-order valence-electron chi connectivity index (χ1n) is 8.95. The first-order chi connectivity index (χ1) is 12.4. The Morgan fingerprint density at radius 1 is 1.19 bits per heavy atom. The summed E-state index contributed by atoms with van der Waals surface area (Å²) < 4.78 is 8.14. The van der Waals surface area contributed by atoms with Gasteiger partial charge in [0, 0.05) is 28.4 Å². The highest BCUT2D eigenvalue weighted by Crippen LogP contribution is 2.36. The van der Waals surface area contributed by atoms with Crippen molar-refractivity contribution < 1.29 is 4.74 Å². The molecule has 0 saturated heterocycles. The molecule has 1 heterocycles. The van der Waals surface area contributed by atoms with Crippen molar-refractivity contribution in [2.75, 3.05) is 0 Å². The lowest BCUT2D eigenvalue weighted by atomic mass is 10.1. The van der Waals surface area contributed by atoms with Crippen molar-refractivity contribution in [2.24, 2.45) is 7.05 Å². The van der Waals surface area contributed by atoms with Gasteiger partial charge in [0.2, 0.25) is 0 Å².